The summed E-state index contributed by atoms with van der Waals surface area (Å²) in [5.74, 6) is 2.87. The number of aliphatic imine (C=N–C) groups is 1. The molecule has 2 saturated heterocycles. The standard InChI is InChI=1S/C23H45N5.HI/c1-3-27-15-10-20(11-16-27)9-14-25-23(24-2)26-22-12-17-28(18-13-22)19-21-7-5-4-6-8-21;/h20-22H,3-19H2,1-2H3,(H2,24,25,26);1H. The van der Waals surface area contributed by atoms with E-state index >= 15 is 0 Å². The number of piperidine rings is 2. The van der Waals surface area contributed by atoms with Crippen LogP contribution in [0.5, 0.6) is 0 Å². The maximum Gasteiger partial charge on any atom is 0.191 e. The average molecular weight is 520 g/mol. The predicted octanol–water partition coefficient (Wildman–Crippen LogP) is 3.94. The lowest BCUT2D eigenvalue weighted by molar-refractivity contribution is 0.160. The van der Waals surface area contributed by atoms with Crippen LogP contribution in [0.2, 0.25) is 0 Å². The molecule has 2 heterocycles. The molecule has 29 heavy (non-hydrogen) atoms. The normalized spacial score (nSPS) is 24.3. The van der Waals surface area contributed by atoms with E-state index in [1.54, 1.807) is 0 Å². The van der Waals surface area contributed by atoms with Crippen molar-refractivity contribution in [3.63, 3.8) is 0 Å². The van der Waals surface area contributed by atoms with Gasteiger partial charge in [-0.3, -0.25) is 4.99 Å². The molecule has 3 rings (SSSR count). The molecule has 5 nitrogen and oxygen atoms in total. The molecule has 2 N–H and O–H groups in total. The van der Waals surface area contributed by atoms with E-state index in [0.717, 1.165) is 24.3 Å². The van der Waals surface area contributed by atoms with Crippen molar-refractivity contribution in [3.05, 3.63) is 0 Å². The Kier molecular flexibility index (Phi) is 12.2. The lowest BCUT2D eigenvalue weighted by atomic mass is 9.88. The van der Waals surface area contributed by atoms with E-state index in [2.05, 4.69) is 32.3 Å². The Hall–Kier alpha value is -0.0800. The molecule has 0 radical (unpaired) electrons. The summed E-state index contributed by atoms with van der Waals surface area (Å²) in [4.78, 5) is 9.77. The fourth-order valence-corrected chi connectivity index (χ4v) is 5.37. The third kappa shape index (κ3) is 8.90. The van der Waals surface area contributed by atoms with Gasteiger partial charge in [0.2, 0.25) is 0 Å². The number of halogens is 1. The van der Waals surface area contributed by atoms with Crippen LogP contribution in [0.15, 0.2) is 4.99 Å². The van der Waals surface area contributed by atoms with Gasteiger partial charge < -0.3 is 20.4 Å². The number of likely N-dealkylation sites (tertiary alicyclic amines) is 2. The quantitative estimate of drug-likeness (QED) is 0.304. The molecule has 3 aliphatic rings. The Labute approximate surface area is 196 Å². The largest absolute Gasteiger partial charge is 0.356 e. The van der Waals surface area contributed by atoms with E-state index in [9.17, 15) is 0 Å². The second-order valence-corrected chi connectivity index (χ2v) is 9.39. The summed E-state index contributed by atoms with van der Waals surface area (Å²) in [6.45, 7) is 11.0. The minimum absolute atomic E-state index is 0. The molecule has 0 amide bonds. The molecule has 2 aliphatic heterocycles. The van der Waals surface area contributed by atoms with Crippen LogP contribution in [-0.4, -0.2) is 74.7 Å². The van der Waals surface area contributed by atoms with Crippen molar-refractivity contribution >= 4 is 29.9 Å². The first-order chi connectivity index (χ1) is 13.8. The molecule has 6 heteroatoms. The number of guanidine groups is 1. The van der Waals surface area contributed by atoms with Gasteiger partial charge in [-0.05, 0) is 76.4 Å². The Morgan fingerprint density at radius 3 is 2.14 bits per heavy atom. The molecule has 1 aliphatic carbocycles. The Morgan fingerprint density at radius 2 is 1.52 bits per heavy atom. The molecule has 0 atom stereocenters. The van der Waals surface area contributed by atoms with Crippen LogP contribution in [-0.2, 0) is 0 Å². The zero-order valence-electron chi connectivity index (χ0n) is 19.0. The van der Waals surface area contributed by atoms with E-state index in [4.69, 9.17) is 0 Å². The summed E-state index contributed by atoms with van der Waals surface area (Å²) in [6.07, 6.45) is 13.8. The van der Waals surface area contributed by atoms with Crippen molar-refractivity contribution in [1.82, 2.24) is 20.4 Å². The third-order valence-electron chi connectivity index (χ3n) is 7.39. The number of rotatable bonds is 7. The molecule has 0 spiro atoms. The first-order valence-corrected chi connectivity index (χ1v) is 12.2. The fourth-order valence-electron chi connectivity index (χ4n) is 5.37. The SMILES string of the molecule is CCN1CCC(CCNC(=NC)NC2CCN(CC3CCCCC3)CC2)CC1.I. The van der Waals surface area contributed by atoms with Crippen molar-refractivity contribution in [1.29, 1.82) is 0 Å². The third-order valence-corrected chi connectivity index (χ3v) is 7.39. The van der Waals surface area contributed by atoms with Crippen LogP contribution in [0.1, 0.15) is 71.1 Å². The van der Waals surface area contributed by atoms with E-state index in [-0.39, 0.29) is 24.0 Å². The van der Waals surface area contributed by atoms with E-state index < -0.39 is 0 Å². The maximum atomic E-state index is 4.48. The number of nitrogens with zero attached hydrogens (tertiary/aromatic N) is 3. The minimum atomic E-state index is 0. The summed E-state index contributed by atoms with van der Waals surface area (Å²) < 4.78 is 0. The minimum Gasteiger partial charge on any atom is -0.356 e. The van der Waals surface area contributed by atoms with Gasteiger partial charge in [-0.15, -0.1) is 24.0 Å². The van der Waals surface area contributed by atoms with Gasteiger partial charge in [-0.25, -0.2) is 0 Å². The van der Waals surface area contributed by atoms with Crippen LogP contribution in [0, 0.1) is 11.8 Å². The summed E-state index contributed by atoms with van der Waals surface area (Å²) >= 11 is 0. The Balaban J connectivity index is 0.00000300. The molecule has 1 saturated carbocycles. The van der Waals surface area contributed by atoms with Crippen LogP contribution in [0.3, 0.4) is 0 Å². The zero-order valence-corrected chi connectivity index (χ0v) is 21.3. The molecule has 170 valence electrons. The van der Waals surface area contributed by atoms with Gasteiger partial charge in [0.15, 0.2) is 5.96 Å². The number of hydrogen-bond acceptors (Lipinski definition) is 3. The van der Waals surface area contributed by atoms with Crippen LogP contribution >= 0.6 is 24.0 Å². The number of nitrogens with one attached hydrogen (secondary N) is 2. The van der Waals surface area contributed by atoms with Crippen molar-refractivity contribution in [3.8, 4) is 0 Å². The van der Waals surface area contributed by atoms with Gasteiger partial charge in [-0.1, -0.05) is 26.2 Å². The molecule has 0 aromatic rings. The Bertz CT molecular complexity index is 450. The first-order valence-electron chi connectivity index (χ1n) is 12.2. The van der Waals surface area contributed by atoms with Gasteiger partial charge >= 0.3 is 0 Å². The predicted molar refractivity (Wildman–Crippen MR) is 135 cm³/mol. The second kappa shape index (κ2) is 14.1. The van der Waals surface area contributed by atoms with Gasteiger partial charge in [0.05, 0.1) is 0 Å². The van der Waals surface area contributed by atoms with Crippen LogP contribution in [0.4, 0.5) is 0 Å². The van der Waals surface area contributed by atoms with Gasteiger partial charge in [0.25, 0.3) is 0 Å². The van der Waals surface area contributed by atoms with E-state index in [0.29, 0.717) is 6.04 Å². The van der Waals surface area contributed by atoms with Crippen molar-refractivity contribution in [2.24, 2.45) is 16.8 Å². The topological polar surface area (TPSA) is 42.9 Å². The van der Waals surface area contributed by atoms with Crippen LogP contribution < -0.4 is 10.6 Å². The molecule has 0 aromatic heterocycles. The van der Waals surface area contributed by atoms with Crippen molar-refractivity contribution in [2.45, 2.75) is 77.2 Å². The highest BCUT2D eigenvalue weighted by molar-refractivity contribution is 14.0. The summed E-state index contributed by atoms with van der Waals surface area (Å²) in [5, 5.41) is 7.27. The van der Waals surface area contributed by atoms with Crippen LogP contribution in [0.25, 0.3) is 0 Å². The summed E-state index contributed by atoms with van der Waals surface area (Å²) in [5.41, 5.74) is 0. The smallest absolute Gasteiger partial charge is 0.191 e. The van der Waals surface area contributed by atoms with Gasteiger partial charge in [0.1, 0.15) is 0 Å². The molecular weight excluding hydrogens is 473 g/mol. The van der Waals surface area contributed by atoms with Crippen molar-refractivity contribution in [2.75, 3.05) is 52.9 Å². The molecule has 0 bridgehead atoms. The number of hydrogen-bond donors (Lipinski definition) is 2. The molecule has 0 aromatic carbocycles. The maximum absolute atomic E-state index is 4.48. The van der Waals surface area contributed by atoms with Crippen molar-refractivity contribution < 1.29 is 0 Å². The molecule has 3 fully saturated rings. The van der Waals surface area contributed by atoms with Gasteiger partial charge in [0, 0.05) is 39.3 Å². The second-order valence-electron chi connectivity index (χ2n) is 9.39. The monoisotopic (exact) mass is 519 g/mol. The zero-order chi connectivity index (χ0) is 19.6. The summed E-state index contributed by atoms with van der Waals surface area (Å²) in [6, 6.07) is 0.585. The molecule has 0 unspecified atom stereocenters. The van der Waals surface area contributed by atoms with E-state index in [1.807, 2.05) is 7.05 Å². The summed E-state index contributed by atoms with van der Waals surface area (Å²) in [7, 11) is 1.91. The lowest BCUT2D eigenvalue weighted by Gasteiger charge is -2.36. The lowest BCUT2D eigenvalue weighted by Crippen LogP contribution is -2.49. The Morgan fingerprint density at radius 1 is 0.862 bits per heavy atom. The highest BCUT2D eigenvalue weighted by atomic mass is 127. The average Bonchev–Trinajstić information content (AvgIpc) is 2.75. The first kappa shape index (κ1) is 25.2. The fraction of sp³-hybridized carbons (Fsp3) is 0.957. The molecular formula is C23H46IN5. The van der Waals surface area contributed by atoms with E-state index in [1.165, 1.54) is 103 Å². The highest BCUT2D eigenvalue weighted by Gasteiger charge is 2.23. The highest BCUT2D eigenvalue weighted by Crippen LogP contribution is 2.25. The van der Waals surface area contributed by atoms with Gasteiger partial charge in [-0.2, -0.15) is 0 Å².